The van der Waals surface area contributed by atoms with Crippen molar-refractivity contribution >= 4 is 17.4 Å². The fourth-order valence-electron chi connectivity index (χ4n) is 5.83. The van der Waals surface area contributed by atoms with E-state index in [1.54, 1.807) is 16.7 Å². The van der Waals surface area contributed by atoms with Gasteiger partial charge in [0.25, 0.3) is 11.5 Å². The fourth-order valence-corrected chi connectivity index (χ4v) is 5.83. The summed E-state index contributed by atoms with van der Waals surface area (Å²) in [6, 6.07) is 2.40. The molecule has 9 nitrogen and oxygen atoms in total. The predicted molar refractivity (Wildman–Crippen MR) is 130 cm³/mol. The van der Waals surface area contributed by atoms with E-state index in [2.05, 4.69) is 17.2 Å². The molecular weight excluding hydrogens is 484 g/mol. The number of fused-ring (bicyclic) bond motifs is 2. The van der Waals surface area contributed by atoms with Gasteiger partial charge in [0.15, 0.2) is 0 Å². The van der Waals surface area contributed by atoms with E-state index in [9.17, 15) is 18.4 Å². The molecule has 2 aliphatic heterocycles. The van der Waals surface area contributed by atoms with E-state index in [1.165, 1.54) is 23.8 Å². The van der Waals surface area contributed by atoms with Crippen LogP contribution in [0.4, 0.5) is 14.5 Å². The number of halogens is 2. The van der Waals surface area contributed by atoms with E-state index in [1.807, 2.05) is 20.0 Å². The van der Waals surface area contributed by atoms with Gasteiger partial charge < -0.3 is 19.4 Å². The van der Waals surface area contributed by atoms with Crippen molar-refractivity contribution < 1.29 is 23.0 Å². The molecule has 1 amide bonds. The van der Waals surface area contributed by atoms with Crippen LogP contribution in [0.25, 0.3) is 5.78 Å². The number of carbonyl (C=O) groups is 1. The topological polar surface area (TPSA) is 99.8 Å². The van der Waals surface area contributed by atoms with Crippen LogP contribution >= 0.6 is 0 Å². The molecule has 3 aromatic rings. The summed E-state index contributed by atoms with van der Waals surface area (Å²) in [5.74, 6) is -0.0974. The van der Waals surface area contributed by atoms with Gasteiger partial charge in [0, 0.05) is 30.0 Å². The van der Waals surface area contributed by atoms with Crippen LogP contribution < -0.4 is 15.6 Å². The molecule has 4 aliphatic rings. The van der Waals surface area contributed by atoms with E-state index in [0.29, 0.717) is 12.4 Å². The van der Waals surface area contributed by atoms with Gasteiger partial charge in [0.1, 0.15) is 11.3 Å². The number of anilines is 1. The van der Waals surface area contributed by atoms with Crippen LogP contribution in [-0.4, -0.2) is 49.6 Å². The van der Waals surface area contributed by atoms with Gasteiger partial charge in [-0.2, -0.15) is 4.98 Å². The molecule has 4 fully saturated rings. The van der Waals surface area contributed by atoms with Crippen LogP contribution in [0.15, 0.2) is 35.5 Å². The van der Waals surface area contributed by atoms with Gasteiger partial charge in [-0.3, -0.25) is 14.0 Å². The highest BCUT2D eigenvalue weighted by Crippen LogP contribution is 2.59. The lowest BCUT2D eigenvalue weighted by Crippen LogP contribution is -2.45. The van der Waals surface area contributed by atoms with Crippen LogP contribution in [0.3, 0.4) is 0 Å². The Morgan fingerprint density at radius 3 is 2.62 bits per heavy atom. The Bertz CT molecular complexity index is 1480. The van der Waals surface area contributed by atoms with Crippen molar-refractivity contribution in [3.8, 4) is 5.88 Å². The zero-order valence-corrected chi connectivity index (χ0v) is 21.1. The first-order valence-electron chi connectivity index (χ1n) is 12.4. The summed E-state index contributed by atoms with van der Waals surface area (Å²) in [6.07, 6.45) is 4.09. The minimum absolute atomic E-state index is 0.00585. The quantitative estimate of drug-likeness (QED) is 0.513. The van der Waals surface area contributed by atoms with Crippen LogP contribution in [0.5, 0.6) is 5.88 Å². The number of pyridine rings is 1. The van der Waals surface area contributed by atoms with Crippen LogP contribution in [0, 0.1) is 5.41 Å². The van der Waals surface area contributed by atoms with Gasteiger partial charge in [-0.1, -0.05) is 6.92 Å². The van der Waals surface area contributed by atoms with Crippen LogP contribution in [0.1, 0.15) is 69.1 Å². The molecule has 0 radical (unpaired) electrons. The molecule has 5 heterocycles. The Morgan fingerprint density at radius 1 is 1.24 bits per heavy atom. The lowest BCUT2D eigenvalue weighted by molar-refractivity contribution is 0.0154. The van der Waals surface area contributed by atoms with Crippen molar-refractivity contribution in [2.45, 2.75) is 76.5 Å². The Morgan fingerprint density at radius 2 is 2.00 bits per heavy atom. The Kier molecular flexibility index (Phi) is 5.08. The zero-order valence-electron chi connectivity index (χ0n) is 21.1. The first-order valence-corrected chi connectivity index (χ1v) is 12.4. The van der Waals surface area contributed by atoms with E-state index in [4.69, 9.17) is 14.5 Å². The molecule has 2 bridgehead atoms. The largest absolute Gasteiger partial charge is 0.474 e. The summed E-state index contributed by atoms with van der Waals surface area (Å²) >= 11 is 0. The Labute approximate surface area is 211 Å². The first-order chi connectivity index (χ1) is 17.4. The van der Waals surface area contributed by atoms with E-state index < -0.39 is 29.3 Å². The summed E-state index contributed by atoms with van der Waals surface area (Å²) < 4.78 is 41.5. The molecule has 2 saturated heterocycles. The number of carbonyl (C=O) groups excluding carboxylic acids is 1. The summed E-state index contributed by atoms with van der Waals surface area (Å²) in [5, 5.41) is 2.63. The van der Waals surface area contributed by atoms with E-state index in [-0.39, 0.29) is 40.7 Å². The van der Waals surface area contributed by atoms with Gasteiger partial charge in [0.2, 0.25) is 18.1 Å². The molecular formula is C26H29F2N5O4. The van der Waals surface area contributed by atoms with Gasteiger partial charge >= 0.3 is 0 Å². The minimum Gasteiger partial charge on any atom is -0.474 e. The second-order valence-electron chi connectivity index (χ2n) is 11.4. The number of alkyl halides is 2. The second-order valence-corrected chi connectivity index (χ2v) is 11.4. The molecule has 2 atom stereocenters. The van der Waals surface area contributed by atoms with Crippen molar-refractivity contribution in [3.63, 3.8) is 0 Å². The Hall–Kier alpha value is -3.34. The Balaban J connectivity index is 1.32. The highest BCUT2D eigenvalue weighted by Gasteiger charge is 2.61. The molecule has 0 unspecified atom stereocenters. The fraction of sp³-hybridized carbons (Fsp3) is 0.538. The average molecular weight is 514 g/mol. The third-order valence-corrected chi connectivity index (χ3v) is 7.96. The van der Waals surface area contributed by atoms with Crippen molar-refractivity contribution in [3.05, 3.63) is 52.3 Å². The number of nitrogens with zero attached hydrogens (tertiary/aromatic N) is 4. The molecule has 0 aromatic carbocycles. The maximum atomic E-state index is 13.4. The third-order valence-electron chi connectivity index (χ3n) is 7.96. The highest BCUT2D eigenvalue weighted by molar-refractivity contribution is 6.05. The molecule has 7 rings (SSSR count). The number of hydrogen-bond donors (Lipinski definition) is 1. The number of imidazole rings is 1. The molecule has 1 N–H and O–H groups in total. The lowest BCUT2D eigenvalue weighted by Gasteiger charge is -2.41. The summed E-state index contributed by atoms with van der Waals surface area (Å²) in [6.45, 7) is 7.79. The molecule has 2 saturated carbocycles. The summed E-state index contributed by atoms with van der Waals surface area (Å²) in [4.78, 5) is 35.6. The van der Waals surface area contributed by atoms with Crippen molar-refractivity contribution in [2.75, 3.05) is 11.9 Å². The predicted octanol–water partition coefficient (Wildman–Crippen LogP) is 3.97. The molecule has 196 valence electrons. The lowest BCUT2D eigenvalue weighted by atomic mass is 9.62. The number of aromatic nitrogens is 4. The summed E-state index contributed by atoms with van der Waals surface area (Å²) in [7, 11) is 0. The number of amides is 1. The van der Waals surface area contributed by atoms with E-state index >= 15 is 0 Å². The maximum absolute atomic E-state index is 13.4. The van der Waals surface area contributed by atoms with Gasteiger partial charge in [0.05, 0.1) is 29.4 Å². The van der Waals surface area contributed by atoms with Crippen LogP contribution in [0.2, 0.25) is 0 Å². The molecule has 3 aromatic heterocycles. The molecule has 11 heteroatoms. The van der Waals surface area contributed by atoms with E-state index in [0.717, 1.165) is 18.5 Å². The minimum atomic E-state index is -2.54. The second kappa shape index (κ2) is 7.83. The van der Waals surface area contributed by atoms with Gasteiger partial charge in [-0.15, -0.1) is 0 Å². The third kappa shape index (κ3) is 3.74. The normalized spacial score (nSPS) is 30.1. The van der Waals surface area contributed by atoms with Crippen LogP contribution in [-0.2, 0) is 10.2 Å². The molecule has 2 aliphatic carbocycles. The molecule has 37 heavy (non-hydrogen) atoms. The number of ether oxygens (including phenoxy) is 2. The van der Waals surface area contributed by atoms with Crippen molar-refractivity contribution in [2.24, 2.45) is 5.41 Å². The van der Waals surface area contributed by atoms with Crippen molar-refractivity contribution in [1.29, 1.82) is 0 Å². The monoisotopic (exact) mass is 513 g/mol. The number of hydrogen-bond acceptors (Lipinski definition) is 6. The zero-order chi connectivity index (χ0) is 26.3. The van der Waals surface area contributed by atoms with Gasteiger partial charge in [-0.05, 0) is 52.2 Å². The summed E-state index contributed by atoms with van der Waals surface area (Å²) in [5.41, 5.74) is -1.05. The smallest absolute Gasteiger partial charge is 0.274 e. The maximum Gasteiger partial charge on any atom is 0.274 e. The van der Waals surface area contributed by atoms with Gasteiger partial charge in [-0.25, -0.2) is 13.8 Å². The first kappa shape index (κ1) is 24.0. The average Bonchev–Trinajstić information content (AvgIpc) is 3.09. The molecule has 0 spiro atoms. The van der Waals surface area contributed by atoms with Crippen molar-refractivity contribution in [1.82, 2.24) is 18.9 Å². The SMILES string of the molecule is CC(C)Oc1nc2nc(C34COC(C)(C3)C4)cn2cc1C(=O)Nc1cccn([C@H]2C[C@]2(C)C(F)F)c1=O. The number of rotatable bonds is 7. The highest BCUT2D eigenvalue weighted by atomic mass is 19.3. The number of nitrogens with one attached hydrogen (secondary N) is 1. The standard InChI is InChI=1S/C26H29F2N5O4/c1-14(2)37-20-15(9-32-10-17(30-23(32)31-20)26-11-24(3,12-26)36-13-26)19(34)29-16-6-5-7-33(21(16)35)18-8-25(18,4)22(27)28/h5-7,9-10,14,18,22H,8,11-13H2,1-4H3,(H,29,34)/t18-,24?,25-,26?/m0/s1.